The Bertz CT molecular complexity index is 490. The number of carbonyl (C=O) groups is 1. The summed E-state index contributed by atoms with van der Waals surface area (Å²) in [5, 5.41) is 7.40. The molecule has 5 heteroatoms. The summed E-state index contributed by atoms with van der Waals surface area (Å²) in [5.41, 5.74) is 1.15. The molecule has 0 aliphatic heterocycles. The van der Waals surface area contributed by atoms with Gasteiger partial charge in [-0.25, -0.2) is 4.68 Å². The molecule has 0 aliphatic carbocycles. The van der Waals surface area contributed by atoms with E-state index in [1.165, 1.54) is 10.9 Å². The Hall–Kier alpha value is -1.24. The molecule has 2 aromatic rings. The van der Waals surface area contributed by atoms with Crippen molar-refractivity contribution in [2.75, 3.05) is 0 Å². The lowest BCUT2D eigenvalue weighted by molar-refractivity contribution is 0.103. The molecule has 1 aromatic heterocycles. The molecule has 0 saturated heterocycles. The summed E-state index contributed by atoms with van der Waals surface area (Å²) in [4.78, 5) is 11.9. The van der Waals surface area contributed by atoms with E-state index in [0.717, 1.165) is 3.57 Å². The molecule has 0 spiro atoms. The van der Waals surface area contributed by atoms with E-state index in [1.54, 1.807) is 19.2 Å². The summed E-state index contributed by atoms with van der Waals surface area (Å²) in [6.07, 6.45) is 1.47. The summed E-state index contributed by atoms with van der Waals surface area (Å²) in [6.45, 7) is 0. The molecular weight excluding hydrogens is 305 g/mol. The van der Waals surface area contributed by atoms with Crippen LogP contribution < -0.4 is 0 Å². The fraction of sp³-hybridized carbons (Fsp3) is 0.100. The van der Waals surface area contributed by atoms with Crippen LogP contribution in [0, 0.1) is 3.57 Å². The molecule has 0 N–H and O–H groups in total. The zero-order valence-electron chi connectivity index (χ0n) is 8.01. The van der Waals surface area contributed by atoms with Crippen LogP contribution in [0.15, 0.2) is 30.5 Å². The van der Waals surface area contributed by atoms with Crippen molar-refractivity contribution in [1.82, 2.24) is 15.0 Å². The Balaban J connectivity index is 2.37. The molecule has 4 nitrogen and oxygen atoms in total. The third-order valence-electron chi connectivity index (χ3n) is 2.05. The highest BCUT2D eigenvalue weighted by atomic mass is 127. The fourth-order valence-corrected chi connectivity index (χ4v) is 1.60. The first-order chi connectivity index (χ1) is 7.18. The first-order valence-corrected chi connectivity index (χ1v) is 5.41. The molecule has 0 fully saturated rings. The van der Waals surface area contributed by atoms with Gasteiger partial charge < -0.3 is 0 Å². The molecule has 0 atom stereocenters. The molecule has 15 heavy (non-hydrogen) atoms. The number of halogens is 1. The van der Waals surface area contributed by atoms with Crippen LogP contribution in [-0.4, -0.2) is 20.8 Å². The third-order valence-corrected chi connectivity index (χ3v) is 2.77. The molecule has 1 heterocycles. The lowest BCUT2D eigenvalue weighted by Gasteiger charge is -2.00. The van der Waals surface area contributed by atoms with Crippen LogP contribution in [0.5, 0.6) is 0 Å². The Morgan fingerprint density at radius 3 is 2.53 bits per heavy atom. The van der Waals surface area contributed by atoms with Crippen molar-refractivity contribution in [2.45, 2.75) is 0 Å². The Labute approximate surface area is 100 Å². The van der Waals surface area contributed by atoms with Crippen molar-refractivity contribution >= 4 is 28.4 Å². The predicted octanol–water partition coefficient (Wildman–Crippen LogP) is 1.65. The van der Waals surface area contributed by atoms with Gasteiger partial charge >= 0.3 is 0 Å². The fourth-order valence-electron chi connectivity index (χ4n) is 1.24. The number of aromatic nitrogens is 3. The summed E-state index contributed by atoms with van der Waals surface area (Å²) in [6, 6.07) is 7.41. The van der Waals surface area contributed by atoms with Crippen LogP contribution in [0.1, 0.15) is 16.1 Å². The number of carbonyl (C=O) groups excluding carboxylic acids is 1. The van der Waals surface area contributed by atoms with E-state index in [1.807, 2.05) is 12.1 Å². The van der Waals surface area contributed by atoms with E-state index in [9.17, 15) is 4.79 Å². The van der Waals surface area contributed by atoms with Crippen molar-refractivity contribution in [2.24, 2.45) is 7.05 Å². The summed E-state index contributed by atoms with van der Waals surface area (Å²) >= 11 is 2.20. The standard InChI is InChI=1S/C10H8IN3O/c1-14-9(6-12-13-14)10(15)7-2-4-8(11)5-3-7/h2-6H,1H3. The highest BCUT2D eigenvalue weighted by Crippen LogP contribution is 2.10. The van der Waals surface area contributed by atoms with Crippen LogP contribution >= 0.6 is 22.6 Å². The van der Waals surface area contributed by atoms with Gasteiger partial charge in [0.15, 0.2) is 0 Å². The Kier molecular flexibility index (Phi) is 2.81. The first kappa shape index (κ1) is 10.3. The summed E-state index contributed by atoms with van der Waals surface area (Å²) < 4.78 is 2.58. The maximum atomic E-state index is 11.9. The van der Waals surface area contributed by atoms with Gasteiger partial charge in [-0.2, -0.15) is 0 Å². The highest BCUT2D eigenvalue weighted by molar-refractivity contribution is 14.1. The molecule has 0 amide bonds. The SMILES string of the molecule is Cn1nncc1C(=O)c1ccc(I)cc1. The largest absolute Gasteiger partial charge is 0.287 e. The molecular formula is C10H8IN3O. The Morgan fingerprint density at radius 2 is 2.00 bits per heavy atom. The highest BCUT2D eigenvalue weighted by Gasteiger charge is 2.12. The van der Waals surface area contributed by atoms with Crippen molar-refractivity contribution < 1.29 is 4.79 Å². The number of benzene rings is 1. The number of hydrogen-bond donors (Lipinski definition) is 0. The second-order valence-corrected chi connectivity index (χ2v) is 4.32. The van der Waals surface area contributed by atoms with Gasteiger partial charge in [0.2, 0.25) is 5.78 Å². The normalized spacial score (nSPS) is 10.3. The maximum Gasteiger partial charge on any atom is 0.212 e. The van der Waals surface area contributed by atoms with Crippen molar-refractivity contribution in [3.8, 4) is 0 Å². The minimum absolute atomic E-state index is 0.0566. The number of rotatable bonds is 2. The number of hydrogen-bond acceptors (Lipinski definition) is 3. The number of ketones is 1. The second-order valence-electron chi connectivity index (χ2n) is 3.08. The topological polar surface area (TPSA) is 47.8 Å². The van der Waals surface area contributed by atoms with Crippen LogP contribution in [0.4, 0.5) is 0 Å². The third kappa shape index (κ3) is 2.06. The van der Waals surface area contributed by atoms with Gasteiger partial charge in [-0.1, -0.05) is 5.21 Å². The summed E-state index contributed by atoms with van der Waals surface area (Å²) in [7, 11) is 1.70. The van der Waals surface area contributed by atoms with Gasteiger partial charge in [0.25, 0.3) is 0 Å². The number of nitrogens with zero attached hydrogens (tertiary/aromatic N) is 3. The van der Waals surface area contributed by atoms with Gasteiger partial charge in [-0.05, 0) is 46.9 Å². The van der Waals surface area contributed by atoms with Gasteiger partial charge in [0.1, 0.15) is 5.69 Å². The molecule has 0 unspecified atom stereocenters. The van der Waals surface area contributed by atoms with Gasteiger partial charge in [-0.15, -0.1) is 5.10 Å². The van der Waals surface area contributed by atoms with Crippen molar-refractivity contribution in [1.29, 1.82) is 0 Å². The van der Waals surface area contributed by atoms with Crippen LogP contribution in [0.3, 0.4) is 0 Å². The van der Waals surface area contributed by atoms with Crippen LogP contribution in [0.2, 0.25) is 0 Å². The summed E-state index contributed by atoms with van der Waals surface area (Å²) in [5.74, 6) is -0.0566. The Morgan fingerprint density at radius 1 is 1.33 bits per heavy atom. The van der Waals surface area contributed by atoms with E-state index >= 15 is 0 Å². The van der Waals surface area contributed by atoms with E-state index in [4.69, 9.17) is 0 Å². The lowest BCUT2D eigenvalue weighted by Crippen LogP contribution is -2.07. The predicted molar refractivity (Wildman–Crippen MR) is 63.6 cm³/mol. The minimum Gasteiger partial charge on any atom is -0.287 e. The molecule has 0 bridgehead atoms. The quantitative estimate of drug-likeness (QED) is 0.626. The molecule has 2 rings (SSSR count). The first-order valence-electron chi connectivity index (χ1n) is 4.33. The minimum atomic E-state index is -0.0566. The van der Waals surface area contributed by atoms with Gasteiger partial charge in [-0.3, -0.25) is 4.79 Å². The lowest BCUT2D eigenvalue weighted by atomic mass is 10.1. The van der Waals surface area contributed by atoms with Gasteiger partial charge in [0.05, 0.1) is 6.20 Å². The zero-order chi connectivity index (χ0) is 10.8. The maximum absolute atomic E-state index is 11.9. The molecule has 1 aromatic carbocycles. The van der Waals surface area contributed by atoms with E-state index < -0.39 is 0 Å². The average molecular weight is 313 g/mol. The number of aryl methyl sites for hydroxylation is 1. The van der Waals surface area contributed by atoms with E-state index in [-0.39, 0.29) is 5.78 Å². The van der Waals surface area contributed by atoms with Crippen LogP contribution in [-0.2, 0) is 7.05 Å². The van der Waals surface area contributed by atoms with Crippen LogP contribution in [0.25, 0.3) is 0 Å². The molecule has 0 aliphatic rings. The van der Waals surface area contributed by atoms with Gasteiger partial charge in [0, 0.05) is 16.2 Å². The van der Waals surface area contributed by atoms with Crippen molar-refractivity contribution in [3.05, 3.63) is 45.3 Å². The average Bonchev–Trinajstić information content (AvgIpc) is 2.65. The second kappa shape index (κ2) is 4.09. The zero-order valence-corrected chi connectivity index (χ0v) is 10.2. The molecule has 76 valence electrons. The van der Waals surface area contributed by atoms with E-state index in [0.29, 0.717) is 11.3 Å². The van der Waals surface area contributed by atoms with E-state index in [2.05, 4.69) is 32.9 Å². The molecule has 0 saturated carbocycles. The smallest absolute Gasteiger partial charge is 0.212 e. The van der Waals surface area contributed by atoms with Crippen molar-refractivity contribution in [3.63, 3.8) is 0 Å². The molecule has 0 radical (unpaired) electrons. The monoisotopic (exact) mass is 313 g/mol.